The molecule has 2 fully saturated rings. The van der Waals surface area contributed by atoms with E-state index in [9.17, 15) is 9.90 Å². The molecule has 208 valence electrons. The van der Waals surface area contributed by atoms with Crippen LogP contribution < -0.4 is 15.0 Å². The summed E-state index contributed by atoms with van der Waals surface area (Å²) >= 11 is 0. The summed E-state index contributed by atoms with van der Waals surface area (Å²) < 4.78 is 11.5. The molecule has 2 atom stereocenters. The third-order valence-electron chi connectivity index (χ3n) is 7.23. The number of nitrogens with zero attached hydrogens (tertiary/aromatic N) is 5. The van der Waals surface area contributed by atoms with Gasteiger partial charge in [0.1, 0.15) is 24.3 Å². The van der Waals surface area contributed by atoms with Crippen LogP contribution in [-0.2, 0) is 16.0 Å². The predicted molar refractivity (Wildman–Crippen MR) is 148 cm³/mol. The Morgan fingerprint density at radius 3 is 2.74 bits per heavy atom. The molecular formula is C28H42N6O4. The summed E-state index contributed by atoms with van der Waals surface area (Å²) in [5, 5.41) is 13.0. The zero-order valence-corrected chi connectivity index (χ0v) is 23.2. The van der Waals surface area contributed by atoms with E-state index in [1.807, 2.05) is 24.3 Å². The number of ether oxygens (including phenoxy) is 2. The van der Waals surface area contributed by atoms with Crippen LogP contribution in [0, 0.1) is 12.8 Å². The minimum Gasteiger partial charge on any atom is -0.491 e. The number of nitrogens with one attached hydrogen (secondary N) is 1. The Morgan fingerprint density at radius 2 is 2.05 bits per heavy atom. The van der Waals surface area contributed by atoms with E-state index < -0.39 is 6.10 Å². The monoisotopic (exact) mass is 526 g/mol. The van der Waals surface area contributed by atoms with Crippen molar-refractivity contribution in [3.63, 3.8) is 0 Å². The Labute approximate surface area is 225 Å². The van der Waals surface area contributed by atoms with Crippen LogP contribution in [0.5, 0.6) is 5.75 Å². The van der Waals surface area contributed by atoms with Gasteiger partial charge in [-0.25, -0.2) is 9.97 Å². The van der Waals surface area contributed by atoms with E-state index in [1.165, 1.54) is 0 Å². The number of aromatic nitrogens is 2. The highest BCUT2D eigenvalue weighted by molar-refractivity contribution is 5.77. The molecular weight excluding hydrogens is 484 g/mol. The van der Waals surface area contributed by atoms with Gasteiger partial charge in [-0.2, -0.15) is 0 Å². The first-order valence-electron chi connectivity index (χ1n) is 13.5. The van der Waals surface area contributed by atoms with Gasteiger partial charge in [0.15, 0.2) is 5.82 Å². The molecule has 10 heteroatoms. The van der Waals surface area contributed by atoms with E-state index in [1.54, 1.807) is 26.0 Å². The van der Waals surface area contributed by atoms with Crippen molar-refractivity contribution in [3.05, 3.63) is 35.5 Å². The summed E-state index contributed by atoms with van der Waals surface area (Å²) in [5.41, 5.74) is 3.05. The van der Waals surface area contributed by atoms with Crippen molar-refractivity contribution in [3.8, 4) is 17.1 Å². The number of amides is 1. The summed E-state index contributed by atoms with van der Waals surface area (Å²) in [6, 6.07) is 7.76. The summed E-state index contributed by atoms with van der Waals surface area (Å²) in [7, 11) is 5.40. The van der Waals surface area contributed by atoms with Gasteiger partial charge >= 0.3 is 0 Å². The number of likely N-dealkylation sites (N-methyl/N-ethyl adjacent to an activating group) is 2. The fraction of sp³-hybridized carbons (Fsp3) is 0.607. The van der Waals surface area contributed by atoms with Crippen LogP contribution in [0.3, 0.4) is 0 Å². The second-order valence-electron chi connectivity index (χ2n) is 10.5. The molecule has 3 heterocycles. The van der Waals surface area contributed by atoms with Gasteiger partial charge in [0.2, 0.25) is 5.91 Å². The van der Waals surface area contributed by atoms with Gasteiger partial charge in [0, 0.05) is 76.9 Å². The molecule has 10 nitrogen and oxygen atoms in total. The zero-order chi connectivity index (χ0) is 27.1. The summed E-state index contributed by atoms with van der Waals surface area (Å²) in [5.74, 6) is 2.89. The number of aliphatic hydroxyl groups excluding tert-OH is 1. The molecule has 2 aromatic rings. The van der Waals surface area contributed by atoms with Crippen LogP contribution in [0.1, 0.15) is 17.7 Å². The van der Waals surface area contributed by atoms with Crippen LogP contribution >= 0.6 is 0 Å². The second kappa shape index (κ2) is 13.3. The Bertz CT molecular complexity index is 1070. The Hall–Kier alpha value is -2.79. The highest BCUT2D eigenvalue weighted by Crippen LogP contribution is 2.30. The maximum Gasteiger partial charge on any atom is 0.236 e. The lowest BCUT2D eigenvalue weighted by atomic mass is 9.99. The van der Waals surface area contributed by atoms with Gasteiger partial charge in [-0.1, -0.05) is 12.1 Å². The number of hydrogen-bond acceptors (Lipinski definition) is 9. The largest absolute Gasteiger partial charge is 0.491 e. The summed E-state index contributed by atoms with van der Waals surface area (Å²) in [6.07, 6.45) is 1.32. The highest BCUT2D eigenvalue weighted by Gasteiger charge is 2.25. The Balaban J connectivity index is 1.56. The number of piperazine rings is 1. The Morgan fingerprint density at radius 1 is 1.26 bits per heavy atom. The van der Waals surface area contributed by atoms with E-state index >= 15 is 0 Å². The van der Waals surface area contributed by atoms with Crippen LogP contribution in [-0.4, -0.2) is 117 Å². The van der Waals surface area contributed by atoms with Gasteiger partial charge in [-0.15, -0.1) is 0 Å². The zero-order valence-electron chi connectivity index (χ0n) is 23.2. The second-order valence-corrected chi connectivity index (χ2v) is 10.5. The maximum atomic E-state index is 12.2. The Kier molecular flexibility index (Phi) is 9.90. The van der Waals surface area contributed by atoms with Crippen molar-refractivity contribution in [2.45, 2.75) is 25.9 Å². The molecule has 1 unspecified atom stereocenters. The van der Waals surface area contributed by atoms with E-state index in [2.05, 4.69) is 22.0 Å². The molecule has 0 bridgehead atoms. The molecule has 1 aromatic carbocycles. The van der Waals surface area contributed by atoms with Crippen molar-refractivity contribution >= 4 is 11.7 Å². The first-order chi connectivity index (χ1) is 18.3. The van der Waals surface area contributed by atoms with Gasteiger partial charge in [0.25, 0.3) is 0 Å². The quantitative estimate of drug-likeness (QED) is 0.447. The maximum absolute atomic E-state index is 12.2. The van der Waals surface area contributed by atoms with Crippen molar-refractivity contribution in [1.82, 2.24) is 25.1 Å². The van der Waals surface area contributed by atoms with E-state index in [0.29, 0.717) is 30.6 Å². The van der Waals surface area contributed by atoms with Crippen LogP contribution in [0.25, 0.3) is 11.4 Å². The molecule has 38 heavy (non-hydrogen) atoms. The normalized spacial score (nSPS) is 19.0. The van der Waals surface area contributed by atoms with Gasteiger partial charge < -0.3 is 29.7 Å². The van der Waals surface area contributed by atoms with E-state index in [0.717, 1.165) is 74.9 Å². The predicted octanol–water partition coefficient (Wildman–Crippen LogP) is 1.20. The summed E-state index contributed by atoms with van der Waals surface area (Å²) in [6.45, 7) is 8.03. The molecule has 2 N–H and O–H groups in total. The minimum atomic E-state index is -0.585. The first kappa shape index (κ1) is 28.2. The molecule has 2 aliphatic heterocycles. The summed E-state index contributed by atoms with van der Waals surface area (Å²) in [4.78, 5) is 28.4. The lowest BCUT2D eigenvalue weighted by molar-refractivity contribution is -0.129. The number of carbonyl (C=O) groups is 1. The molecule has 0 aliphatic carbocycles. The molecule has 0 spiro atoms. The number of aliphatic hydroxyl groups is 1. The first-order valence-corrected chi connectivity index (χ1v) is 13.5. The smallest absolute Gasteiger partial charge is 0.236 e. The lowest BCUT2D eigenvalue weighted by Crippen LogP contribution is -2.49. The van der Waals surface area contributed by atoms with Gasteiger partial charge in [0.05, 0.1) is 6.54 Å². The molecule has 2 aliphatic rings. The molecule has 0 radical (unpaired) electrons. The average Bonchev–Trinajstić information content (AvgIpc) is 3.43. The van der Waals surface area contributed by atoms with Crippen LogP contribution in [0.2, 0.25) is 0 Å². The molecule has 4 rings (SSSR count). The van der Waals surface area contributed by atoms with Gasteiger partial charge in [-0.3, -0.25) is 9.69 Å². The number of hydrogen-bond donors (Lipinski definition) is 2. The molecule has 2 saturated heterocycles. The van der Waals surface area contributed by atoms with Crippen LogP contribution in [0.15, 0.2) is 24.3 Å². The topological polar surface area (TPSA) is 103 Å². The molecule has 1 amide bonds. The van der Waals surface area contributed by atoms with Gasteiger partial charge in [-0.05, 0) is 44.9 Å². The lowest BCUT2D eigenvalue weighted by Gasteiger charge is -2.36. The van der Waals surface area contributed by atoms with Crippen molar-refractivity contribution in [2.75, 3.05) is 85.1 Å². The fourth-order valence-electron chi connectivity index (χ4n) is 4.87. The van der Waals surface area contributed by atoms with Crippen LogP contribution in [0.4, 0.5) is 5.82 Å². The average molecular weight is 527 g/mol. The van der Waals surface area contributed by atoms with Crippen molar-refractivity contribution < 1.29 is 19.4 Å². The molecule has 0 saturated carbocycles. The standard InChI is InChI=1S/C28H42N6O4/c1-20-25(14-21-8-13-37-18-21)30-27(22-6-5-7-24(15-22)38-19-23(35)16-29-2)31-28(20)34-11-9-33(10-12-34)17-26(36)32(3)4/h5-7,15,21,23,29,35H,8-14,16-19H2,1-4H3/t21-,23?/m0/s1. The third-order valence-corrected chi connectivity index (χ3v) is 7.23. The number of carbonyl (C=O) groups excluding carboxylic acids is 1. The fourth-order valence-corrected chi connectivity index (χ4v) is 4.87. The third kappa shape index (κ3) is 7.41. The van der Waals surface area contributed by atoms with Crippen molar-refractivity contribution in [2.24, 2.45) is 5.92 Å². The van der Waals surface area contributed by atoms with E-state index in [4.69, 9.17) is 19.4 Å². The van der Waals surface area contributed by atoms with E-state index in [-0.39, 0.29) is 12.5 Å². The number of benzene rings is 1. The number of anilines is 1. The minimum absolute atomic E-state index is 0.126. The highest BCUT2D eigenvalue weighted by atomic mass is 16.5. The SMILES string of the molecule is CNCC(O)COc1cccc(-c2nc(C[C@@H]3CCOC3)c(C)c(N3CCN(CC(=O)N(C)C)CC3)n2)c1. The number of rotatable bonds is 11. The molecule has 1 aromatic heterocycles. The van der Waals surface area contributed by atoms with Crippen molar-refractivity contribution in [1.29, 1.82) is 0 Å².